The maximum Gasteiger partial charge on any atom is 0.255 e. The molecule has 1 aromatic heterocycles. The molecule has 0 radical (unpaired) electrons. The zero-order chi connectivity index (χ0) is 15.0. The second-order valence-electron chi connectivity index (χ2n) is 4.29. The number of nitrogens with two attached hydrogens (primary N) is 1. The van der Waals surface area contributed by atoms with E-state index in [4.69, 9.17) is 5.73 Å². The Morgan fingerprint density at radius 3 is 2.62 bits per heavy atom. The number of amides is 1. The Morgan fingerprint density at radius 2 is 1.90 bits per heavy atom. The van der Waals surface area contributed by atoms with Crippen LogP contribution in [0, 0.1) is 11.6 Å². The molecule has 21 heavy (non-hydrogen) atoms. The second-order valence-corrected chi connectivity index (χ2v) is 5.35. The van der Waals surface area contributed by atoms with Gasteiger partial charge in [-0.15, -0.1) is 0 Å². The minimum absolute atomic E-state index is 0.272. The van der Waals surface area contributed by atoms with E-state index in [1.807, 2.05) is 0 Å². The summed E-state index contributed by atoms with van der Waals surface area (Å²) in [6.07, 6.45) is 0. The number of hydrogen-bond acceptors (Lipinski definition) is 4. The van der Waals surface area contributed by atoms with Crippen LogP contribution in [0.4, 0.5) is 19.6 Å². The minimum Gasteiger partial charge on any atom is -0.375 e. The lowest BCUT2D eigenvalue weighted by Crippen LogP contribution is -2.14. The van der Waals surface area contributed by atoms with Gasteiger partial charge in [0, 0.05) is 5.56 Å². The Bertz CT molecular complexity index is 827. The standard InChI is InChI=1S/C14H9F2N3OS/c15-8-2-1-3-9(16)12(8)19-13(20)7-4-5-10-11(6-7)21-14(17)18-10/h1-6H,(H2,17,18)(H,19,20). The Morgan fingerprint density at radius 1 is 1.19 bits per heavy atom. The molecule has 0 bridgehead atoms. The Balaban J connectivity index is 1.93. The highest BCUT2D eigenvalue weighted by atomic mass is 32.1. The number of fused-ring (bicyclic) bond motifs is 1. The van der Waals surface area contributed by atoms with Crippen LogP contribution < -0.4 is 11.1 Å². The second kappa shape index (κ2) is 5.10. The van der Waals surface area contributed by atoms with Gasteiger partial charge in [0.2, 0.25) is 0 Å². The number of rotatable bonds is 2. The number of hydrogen-bond donors (Lipinski definition) is 2. The summed E-state index contributed by atoms with van der Waals surface area (Å²) in [5.41, 5.74) is 6.07. The normalized spacial score (nSPS) is 10.8. The predicted octanol–water partition coefficient (Wildman–Crippen LogP) is 3.41. The van der Waals surface area contributed by atoms with Crippen LogP contribution in [0.5, 0.6) is 0 Å². The third kappa shape index (κ3) is 2.55. The number of benzene rings is 2. The van der Waals surface area contributed by atoms with Crippen molar-refractivity contribution < 1.29 is 13.6 Å². The molecule has 3 N–H and O–H groups in total. The maximum absolute atomic E-state index is 13.5. The SMILES string of the molecule is Nc1nc2ccc(C(=O)Nc3c(F)cccc3F)cc2s1. The molecule has 106 valence electrons. The van der Waals surface area contributed by atoms with Gasteiger partial charge < -0.3 is 11.1 Å². The fraction of sp³-hybridized carbons (Fsp3) is 0. The van der Waals surface area contributed by atoms with Crippen molar-refractivity contribution in [1.29, 1.82) is 0 Å². The van der Waals surface area contributed by atoms with E-state index in [0.29, 0.717) is 10.6 Å². The molecule has 0 saturated heterocycles. The van der Waals surface area contributed by atoms with Gasteiger partial charge in [0.05, 0.1) is 10.2 Å². The number of thiazole rings is 1. The summed E-state index contributed by atoms with van der Waals surface area (Å²) in [5, 5.41) is 2.62. The van der Waals surface area contributed by atoms with Crippen molar-refractivity contribution in [2.45, 2.75) is 0 Å². The van der Waals surface area contributed by atoms with Crippen LogP contribution in [0.2, 0.25) is 0 Å². The molecule has 1 heterocycles. The molecule has 0 saturated carbocycles. The van der Waals surface area contributed by atoms with E-state index in [2.05, 4.69) is 10.3 Å². The Hall–Kier alpha value is -2.54. The van der Waals surface area contributed by atoms with E-state index in [9.17, 15) is 13.6 Å². The number of nitrogens with one attached hydrogen (secondary N) is 1. The zero-order valence-corrected chi connectivity index (χ0v) is 11.4. The molecular formula is C14H9F2N3OS. The van der Waals surface area contributed by atoms with Crippen molar-refractivity contribution in [3.63, 3.8) is 0 Å². The number of nitrogens with zero attached hydrogens (tertiary/aromatic N) is 1. The zero-order valence-electron chi connectivity index (χ0n) is 10.6. The molecule has 4 nitrogen and oxygen atoms in total. The topological polar surface area (TPSA) is 68.0 Å². The van der Waals surface area contributed by atoms with Gasteiger partial charge in [-0.1, -0.05) is 17.4 Å². The van der Waals surface area contributed by atoms with Crippen LogP contribution in [0.3, 0.4) is 0 Å². The smallest absolute Gasteiger partial charge is 0.255 e. The third-order valence-electron chi connectivity index (χ3n) is 2.87. The van der Waals surface area contributed by atoms with Gasteiger partial charge in [-0.2, -0.15) is 0 Å². The first-order chi connectivity index (χ1) is 10.0. The summed E-state index contributed by atoms with van der Waals surface area (Å²) >= 11 is 1.23. The molecule has 2 aromatic carbocycles. The first-order valence-corrected chi connectivity index (χ1v) is 6.77. The van der Waals surface area contributed by atoms with Crippen molar-refractivity contribution in [1.82, 2.24) is 4.98 Å². The van der Waals surface area contributed by atoms with Gasteiger partial charge in [0.1, 0.15) is 17.3 Å². The average molecular weight is 305 g/mol. The van der Waals surface area contributed by atoms with E-state index in [1.165, 1.54) is 23.5 Å². The van der Waals surface area contributed by atoms with Crippen molar-refractivity contribution in [2.75, 3.05) is 11.1 Å². The van der Waals surface area contributed by atoms with Crippen molar-refractivity contribution >= 4 is 38.3 Å². The number of carbonyl (C=O) groups excluding carboxylic acids is 1. The van der Waals surface area contributed by atoms with Crippen LogP contribution in [0.1, 0.15) is 10.4 Å². The Kier molecular flexibility index (Phi) is 3.26. The fourth-order valence-electron chi connectivity index (χ4n) is 1.89. The summed E-state index contributed by atoms with van der Waals surface area (Å²) in [5.74, 6) is -2.26. The highest BCUT2D eigenvalue weighted by molar-refractivity contribution is 7.22. The van der Waals surface area contributed by atoms with Gasteiger partial charge in [-0.3, -0.25) is 4.79 Å². The molecule has 0 aliphatic rings. The van der Waals surface area contributed by atoms with Crippen molar-refractivity contribution in [3.8, 4) is 0 Å². The quantitative estimate of drug-likeness (QED) is 0.762. The summed E-state index contributed by atoms with van der Waals surface area (Å²) in [6, 6.07) is 8.12. The lowest BCUT2D eigenvalue weighted by atomic mass is 10.2. The highest BCUT2D eigenvalue weighted by Crippen LogP contribution is 2.25. The van der Waals surface area contributed by atoms with E-state index in [0.717, 1.165) is 16.8 Å². The van der Waals surface area contributed by atoms with Crippen LogP contribution in [0.15, 0.2) is 36.4 Å². The van der Waals surface area contributed by atoms with Gasteiger partial charge in [-0.05, 0) is 30.3 Å². The van der Waals surface area contributed by atoms with E-state index >= 15 is 0 Å². The number of aromatic nitrogens is 1. The van der Waals surface area contributed by atoms with E-state index in [-0.39, 0.29) is 5.56 Å². The number of anilines is 2. The minimum atomic E-state index is -0.827. The summed E-state index contributed by atoms with van der Waals surface area (Å²) < 4.78 is 27.7. The maximum atomic E-state index is 13.5. The van der Waals surface area contributed by atoms with Crippen LogP contribution in [0.25, 0.3) is 10.2 Å². The van der Waals surface area contributed by atoms with E-state index < -0.39 is 23.2 Å². The lowest BCUT2D eigenvalue weighted by molar-refractivity contribution is 0.102. The summed E-state index contributed by atoms with van der Waals surface area (Å²) in [4.78, 5) is 16.1. The molecule has 0 fully saturated rings. The lowest BCUT2D eigenvalue weighted by Gasteiger charge is -2.07. The molecular weight excluding hydrogens is 296 g/mol. The number of nitrogen functional groups attached to an aromatic ring is 1. The monoisotopic (exact) mass is 305 g/mol. The first kappa shape index (κ1) is 13.4. The van der Waals surface area contributed by atoms with Gasteiger partial charge in [-0.25, -0.2) is 13.8 Å². The molecule has 0 unspecified atom stereocenters. The first-order valence-electron chi connectivity index (χ1n) is 5.96. The van der Waals surface area contributed by atoms with Gasteiger partial charge in [0.25, 0.3) is 5.91 Å². The Labute approximate surface area is 122 Å². The largest absolute Gasteiger partial charge is 0.375 e. The molecule has 3 rings (SSSR count). The van der Waals surface area contributed by atoms with Crippen molar-refractivity contribution in [3.05, 3.63) is 53.6 Å². The fourth-order valence-corrected chi connectivity index (χ4v) is 2.66. The van der Waals surface area contributed by atoms with Crippen LogP contribution in [-0.4, -0.2) is 10.9 Å². The molecule has 0 spiro atoms. The van der Waals surface area contributed by atoms with Crippen LogP contribution in [-0.2, 0) is 0 Å². The number of para-hydroxylation sites is 1. The van der Waals surface area contributed by atoms with Crippen LogP contribution >= 0.6 is 11.3 Å². The van der Waals surface area contributed by atoms with Gasteiger partial charge >= 0.3 is 0 Å². The number of carbonyl (C=O) groups is 1. The van der Waals surface area contributed by atoms with Crippen molar-refractivity contribution in [2.24, 2.45) is 0 Å². The molecule has 7 heteroatoms. The average Bonchev–Trinajstić information content (AvgIpc) is 2.81. The molecule has 0 aliphatic heterocycles. The number of halogens is 2. The summed E-state index contributed by atoms with van der Waals surface area (Å²) in [6.45, 7) is 0. The third-order valence-corrected chi connectivity index (χ3v) is 3.72. The highest BCUT2D eigenvalue weighted by Gasteiger charge is 2.14. The molecule has 0 aliphatic carbocycles. The van der Waals surface area contributed by atoms with E-state index in [1.54, 1.807) is 12.1 Å². The van der Waals surface area contributed by atoms with Gasteiger partial charge in [0.15, 0.2) is 5.13 Å². The predicted molar refractivity (Wildman–Crippen MR) is 78.3 cm³/mol. The molecule has 1 amide bonds. The summed E-state index contributed by atoms with van der Waals surface area (Å²) in [7, 11) is 0. The molecule has 3 aromatic rings. The molecule has 0 atom stereocenters.